The molecule has 2 fully saturated rings. The Balaban J connectivity index is 1.23. The van der Waals surface area contributed by atoms with Gasteiger partial charge in [0.2, 0.25) is 5.91 Å². The van der Waals surface area contributed by atoms with Crippen molar-refractivity contribution < 1.29 is 24.2 Å². The number of rotatable bonds is 6. The molecule has 3 aliphatic carbocycles. The van der Waals surface area contributed by atoms with E-state index in [0.29, 0.717) is 25.7 Å². The molecule has 3 N–H and O–H groups in total. The zero-order valence-electron chi connectivity index (χ0n) is 19.8. The summed E-state index contributed by atoms with van der Waals surface area (Å²) in [6.07, 6.45) is 5.01. The number of carbonyl (C=O) groups is 3. The summed E-state index contributed by atoms with van der Waals surface area (Å²) in [5.41, 5.74) is 3.45. The molecule has 2 aromatic carbocycles. The van der Waals surface area contributed by atoms with Crippen LogP contribution < -0.4 is 10.6 Å². The van der Waals surface area contributed by atoms with Gasteiger partial charge in [0, 0.05) is 12.0 Å². The van der Waals surface area contributed by atoms with Crippen molar-refractivity contribution in [3.05, 3.63) is 59.7 Å². The molecular weight excluding hydrogens is 444 g/mol. The highest BCUT2D eigenvalue weighted by Gasteiger charge is 2.45. The highest BCUT2D eigenvalue weighted by atomic mass is 16.5. The monoisotopic (exact) mass is 476 g/mol. The summed E-state index contributed by atoms with van der Waals surface area (Å²) in [6, 6.07) is 16.0. The minimum atomic E-state index is -1.18. The van der Waals surface area contributed by atoms with Gasteiger partial charge in [-0.05, 0) is 47.9 Å². The Hall–Kier alpha value is -3.35. The number of carboxylic acids is 1. The molecule has 0 unspecified atom stereocenters. The molecule has 35 heavy (non-hydrogen) atoms. The minimum absolute atomic E-state index is 0.0311. The zero-order valence-corrected chi connectivity index (χ0v) is 19.8. The lowest BCUT2D eigenvalue weighted by Crippen LogP contribution is -2.57. The fraction of sp³-hybridized carbons (Fsp3) is 0.464. The molecule has 7 heteroatoms. The van der Waals surface area contributed by atoms with E-state index in [4.69, 9.17) is 4.74 Å². The summed E-state index contributed by atoms with van der Waals surface area (Å²) >= 11 is 0. The normalized spacial score (nSPS) is 22.6. The first kappa shape index (κ1) is 23.4. The fourth-order valence-electron chi connectivity index (χ4n) is 6.11. The van der Waals surface area contributed by atoms with E-state index in [-0.39, 0.29) is 24.5 Å². The molecule has 0 saturated heterocycles. The Bertz CT molecular complexity index is 1080. The lowest BCUT2D eigenvalue weighted by atomic mass is 9.83. The standard InChI is InChI=1S/C28H32N2O5/c31-25(30-28(26(32)33)15-7-8-16-28)22-13-5-6-14-24(22)29-27(34)35-17-23-20-11-3-1-9-18(20)19-10-2-4-12-21(19)23/h1-4,9-12,22-24H,5-8,13-17H2,(H,29,34)(H,30,31)(H,32,33)/t22-,24+/m0/s1. The number of hydrogen-bond acceptors (Lipinski definition) is 4. The number of carboxylic acid groups (broad SMARTS) is 1. The van der Waals surface area contributed by atoms with Gasteiger partial charge in [0.1, 0.15) is 12.1 Å². The van der Waals surface area contributed by atoms with Crippen molar-refractivity contribution in [3.8, 4) is 11.1 Å². The van der Waals surface area contributed by atoms with Crippen molar-refractivity contribution in [2.24, 2.45) is 5.92 Å². The number of benzene rings is 2. The van der Waals surface area contributed by atoms with Crippen molar-refractivity contribution in [1.82, 2.24) is 10.6 Å². The average Bonchev–Trinajstić information content (AvgIpc) is 3.47. The second-order valence-corrected chi connectivity index (χ2v) is 10.1. The molecule has 184 valence electrons. The van der Waals surface area contributed by atoms with Crippen molar-refractivity contribution >= 4 is 18.0 Å². The van der Waals surface area contributed by atoms with Crippen LogP contribution in [0.1, 0.15) is 68.4 Å². The SMILES string of the molecule is O=C(N[C@@H]1CCCC[C@@H]1C(=O)NC1(C(=O)O)CCCC1)OCC1c2ccccc2-c2ccccc21. The van der Waals surface area contributed by atoms with E-state index in [1.165, 1.54) is 11.1 Å². The van der Waals surface area contributed by atoms with Crippen LogP contribution in [0, 0.1) is 5.92 Å². The molecule has 7 nitrogen and oxygen atoms in total. The van der Waals surface area contributed by atoms with E-state index in [1.807, 2.05) is 24.3 Å². The first-order chi connectivity index (χ1) is 17.0. The van der Waals surface area contributed by atoms with Crippen LogP contribution in [-0.2, 0) is 14.3 Å². The Labute approximate surface area is 205 Å². The van der Waals surface area contributed by atoms with Crippen molar-refractivity contribution in [2.75, 3.05) is 6.61 Å². The van der Waals surface area contributed by atoms with Crippen LogP contribution in [0.2, 0.25) is 0 Å². The summed E-state index contributed by atoms with van der Waals surface area (Å²) in [5, 5.41) is 15.5. The molecule has 5 rings (SSSR count). The Morgan fingerprint density at radius 1 is 0.886 bits per heavy atom. The number of alkyl carbamates (subject to hydrolysis) is 1. The molecule has 0 radical (unpaired) electrons. The highest BCUT2D eigenvalue weighted by Crippen LogP contribution is 2.44. The van der Waals surface area contributed by atoms with Crippen molar-refractivity contribution in [2.45, 2.75) is 68.9 Å². The van der Waals surface area contributed by atoms with Crippen LogP contribution in [0.3, 0.4) is 0 Å². The highest BCUT2D eigenvalue weighted by molar-refractivity contribution is 5.89. The predicted molar refractivity (Wildman–Crippen MR) is 131 cm³/mol. The van der Waals surface area contributed by atoms with Gasteiger partial charge in [0.25, 0.3) is 0 Å². The molecule has 0 heterocycles. The number of aliphatic carboxylic acids is 1. The van der Waals surface area contributed by atoms with Gasteiger partial charge in [0.15, 0.2) is 0 Å². The number of hydrogen-bond donors (Lipinski definition) is 3. The molecule has 0 aliphatic heterocycles. The van der Waals surface area contributed by atoms with Crippen LogP contribution in [-0.4, -0.2) is 41.3 Å². The Kier molecular flexibility index (Phi) is 6.50. The molecule has 0 spiro atoms. The first-order valence-corrected chi connectivity index (χ1v) is 12.7. The van der Waals surface area contributed by atoms with Crippen LogP contribution in [0.5, 0.6) is 0 Å². The van der Waals surface area contributed by atoms with Gasteiger partial charge in [-0.25, -0.2) is 9.59 Å². The van der Waals surface area contributed by atoms with E-state index >= 15 is 0 Å². The molecule has 0 bridgehead atoms. The quantitative estimate of drug-likeness (QED) is 0.565. The lowest BCUT2D eigenvalue weighted by Gasteiger charge is -2.34. The zero-order chi connectivity index (χ0) is 24.4. The summed E-state index contributed by atoms with van der Waals surface area (Å²) in [6.45, 7) is 0.214. The van der Waals surface area contributed by atoms with Gasteiger partial charge >= 0.3 is 12.1 Å². The molecule has 2 atom stereocenters. The molecule has 2 aromatic rings. The molecule has 2 saturated carbocycles. The third kappa shape index (κ3) is 4.51. The second-order valence-electron chi connectivity index (χ2n) is 10.1. The summed E-state index contributed by atoms with van der Waals surface area (Å²) < 4.78 is 5.69. The predicted octanol–water partition coefficient (Wildman–Crippen LogP) is 4.60. The van der Waals surface area contributed by atoms with E-state index in [0.717, 1.165) is 36.8 Å². The van der Waals surface area contributed by atoms with Gasteiger partial charge in [-0.15, -0.1) is 0 Å². The van der Waals surface area contributed by atoms with Crippen LogP contribution >= 0.6 is 0 Å². The number of nitrogens with one attached hydrogen (secondary N) is 2. The van der Waals surface area contributed by atoms with E-state index in [1.54, 1.807) is 0 Å². The van der Waals surface area contributed by atoms with Crippen molar-refractivity contribution in [3.63, 3.8) is 0 Å². The molecular formula is C28H32N2O5. The smallest absolute Gasteiger partial charge is 0.407 e. The van der Waals surface area contributed by atoms with E-state index in [9.17, 15) is 19.5 Å². The Morgan fingerprint density at radius 3 is 2.11 bits per heavy atom. The topological polar surface area (TPSA) is 105 Å². The maximum Gasteiger partial charge on any atom is 0.407 e. The summed E-state index contributed by atoms with van der Waals surface area (Å²) in [7, 11) is 0. The number of fused-ring (bicyclic) bond motifs is 3. The van der Waals surface area contributed by atoms with Gasteiger partial charge in [0.05, 0.1) is 5.92 Å². The van der Waals surface area contributed by atoms with Crippen LogP contribution in [0.15, 0.2) is 48.5 Å². The second kappa shape index (κ2) is 9.72. The number of amides is 2. The number of ether oxygens (including phenoxy) is 1. The largest absolute Gasteiger partial charge is 0.480 e. The molecule has 2 amide bonds. The maximum absolute atomic E-state index is 13.1. The minimum Gasteiger partial charge on any atom is -0.480 e. The third-order valence-electron chi connectivity index (χ3n) is 7.98. The first-order valence-electron chi connectivity index (χ1n) is 12.7. The molecule has 0 aromatic heterocycles. The molecule has 3 aliphatic rings. The Morgan fingerprint density at radius 2 is 1.49 bits per heavy atom. The third-order valence-corrected chi connectivity index (χ3v) is 7.98. The van der Waals surface area contributed by atoms with Crippen molar-refractivity contribution in [1.29, 1.82) is 0 Å². The number of carbonyl (C=O) groups excluding carboxylic acids is 2. The average molecular weight is 477 g/mol. The van der Waals surface area contributed by atoms with Gasteiger partial charge in [-0.1, -0.05) is 74.2 Å². The van der Waals surface area contributed by atoms with Crippen LogP contribution in [0.25, 0.3) is 11.1 Å². The van der Waals surface area contributed by atoms with E-state index < -0.39 is 23.5 Å². The van der Waals surface area contributed by atoms with Gasteiger partial charge in [-0.3, -0.25) is 4.79 Å². The summed E-state index contributed by atoms with van der Waals surface area (Å²) in [4.78, 5) is 37.8. The van der Waals surface area contributed by atoms with Gasteiger partial charge < -0.3 is 20.5 Å². The van der Waals surface area contributed by atoms with Gasteiger partial charge in [-0.2, -0.15) is 0 Å². The van der Waals surface area contributed by atoms with Crippen LogP contribution in [0.4, 0.5) is 4.79 Å². The summed E-state index contributed by atoms with van der Waals surface area (Å²) in [5.74, 6) is -1.74. The lowest BCUT2D eigenvalue weighted by molar-refractivity contribution is -0.148. The fourth-order valence-corrected chi connectivity index (χ4v) is 6.11. The van der Waals surface area contributed by atoms with E-state index in [2.05, 4.69) is 34.9 Å². The maximum atomic E-state index is 13.1.